The quantitative estimate of drug-likeness (QED) is 0.168. The molecule has 0 bridgehead atoms. The van der Waals surface area contributed by atoms with E-state index in [1.54, 1.807) is 0 Å². The fourth-order valence-electron chi connectivity index (χ4n) is 2.84. The van der Waals surface area contributed by atoms with Gasteiger partial charge < -0.3 is 9.16 Å². The molecule has 0 N–H and O–H groups in total. The molecule has 23 heavy (non-hydrogen) atoms. The molecule has 0 radical (unpaired) electrons. The summed E-state index contributed by atoms with van der Waals surface area (Å²) >= 11 is 2.48. The van der Waals surface area contributed by atoms with Crippen LogP contribution in [0.3, 0.4) is 0 Å². The maximum absolute atomic E-state index is 6.74. The number of halogens is 1. The van der Waals surface area contributed by atoms with Crippen molar-refractivity contribution < 1.29 is 9.16 Å². The van der Waals surface area contributed by atoms with Gasteiger partial charge in [0.1, 0.15) is 0 Å². The minimum Gasteiger partial charge on any atom is -0.414 e. The van der Waals surface area contributed by atoms with Gasteiger partial charge in [0, 0.05) is 11.0 Å². The van der Waals surface area contributed by atoms with E-state index in [9.17, 15) is 0 Å². The van der Waals surface area contributed by atoms with E-state index < -0.39 is 8.32 Å². The highest BCUT2D eigenvalue weighted by Gasteiger charge is 2.33. The molecule has 2 nitrogen and oxygen atoms in total. The molecule has 0 aliphatic carbocycles. The molecule has 1 aromatic carbocycles. The Balaban J connectivity index is 2.51. The lowest BCUT2D eigenvalue weighted by atomic mass is 10.1. The fourth-order valence-corrected chi connectivity index (χ4v) is 6.40. The van der Waals surface area contributed by atoms with E-state index in [1.165, 1.54) is 23.7 Å². The van der Waals surface area contributed by atoms with E-state index in [0.717, 1.165) is 17.5 Å². The summed E-state index contributed by atoms with van der Waals surface area (Å²) in [5, 5.41) is 0. The van der Waals surface area contributed by atoms with Crippen LogP contribution in [0.4, 0.5) is 0 Å². The highest BCUT2D eigenvalue weighted by molar-refractivity contribution is 14.1. The van der Waals surface area contributed by atoms with Gasteiger partial charge in [-0.2, -0.15) is 0 Å². The number of hydrogen-bond donors (Lipinski definition) is 0. The van der Waals surface area contributed by atoms with Crippen molar-refractivity contribution in [2.75, 3.05) is 11.0 Å². The van der Waals surface area contributed by atoms with Gasteiger partial charge >= 0.3 is 0 Å². The van der Waals surface area contributed by atoms with Crippen molar-refractivity contribution in [3.63, 3.8) is 0 Å². The predicted molar refractivity (Wildman–Crippen MR) is 111 cm³/mol. The second kappa shape index (κ2) is 11.6. The minimum absolute atomic E-state index is 0.342. The molecule has 4 heteroatoms. The van der Waals surface area contributed by atoms with Crippen LogP contribution < -0.4 is 0 Å². The highest BCUT2D eigenvalue weighted by Crippen LogP contribution is 2.27. The minimum atomic E-state index is -1.54. The van der Waals surface area contributed by atoms with Crippen LogP contribution in [0.2, 0.25) is 18.1 Å². The molecule has 1 aromatic rings. The Hall–Kier alpha value is 0.0869. The third-order valence-electron chi connectivity index (χ3n) is 4.87. The van der Waals surface area contributed by atoms with Gasteiger partial charge in [-0.05, 0) is 36.0 Å². The van der Waals surface area contributed by atoms with E-state index in [2.05, 4.69) is 74.6 Å². The molecule has 0 amide bonds. The van der Waals surface area contributed by atoms with Gasteiger partial charge in [0.05, 0.1) is 12.7 Å². The first kappa shape index (κ1) is 21.1. The van der Waals surface area contributed by atoms with Crippen molar-refractivity contribution in [2.24, 2.45) is 5.92 Å². The summed E-state index contributed by atoms with van der Waals surface area (Å²) in [4.78, 5) is 0. The topological polar surface area (TPSA) is 18.5 Å². The smallest absolute Gasteiger partial charge is 0.192 e. The van der Waals surface area contributed by atoms with Gasteiger partial charge in [0.2, 0.25) is 0 Å². The first-order chi connectivity index (χ1) is 11.1. The number of hydrogen-bond acceptors (Lipinski definition) is 2. The summed E-state index contributed by atoms with van der Waals surface area (Å²) in [7, 11) is -1.54. The Kier molecular flexibility index (Phi) is 10.7. The maximum atomic E-state index is 6.74. The lowest BCUT2D eigenvalue weighted by molar-refractivity contribution is 0.0617. The molecule has 0 heterocycles. The second-order valence-electron chi connectivity index (χ2n) is 6.36. The largest absolute Gasteiger partial charge is 0.414 e. The normalized spacial score (nSPS) is 14.7. The Labute approximate surface area is 157 Å². The summed E-state index contributed by atoms with van der Waals surface area (Å²) in [5.41, 5.74) is 1.24. The molecular formula is C19H33IO2Si. The average molecular weight is 448 g/mol. The van der Waals surface area contributed by atoms with Gasteiger partial charge in [-0.3, -0.25) is 0 Å². The molecule has 0 aliphatic rings. The maximum Gasteiger partial charge on any atom is 0.192 e. The van der Waals surface area contributed by atoms with E-state index >= 15 is 0 Å². The fraction of sp³-hybridized carbons (Fsp3) is 0.684. The monoisotopic (exact) mass is 448 g/mol. The third kappa shape index (κ3) is 7.24. The Morgan fingerprint density at radius 2 is 1.65 bits per heavy atom. The lowest BCUT2D eigenvalue weighted by Crippen LogP contribution is -2.42. The molecule has 132 valence electrons. The van der Waals surface area contributed by atoms with Crippen LogP contribution in [-0.2, 0) is 15.8 Å². The Bertz CT molecular complexity index is 401. The number of rotatable bonds is 12. The standard InChI is InChI=1S/C19H33IO2Si/c1-5-23(6-2,7-3)22-19(17(4)15-20)13-14-21-16-18-11-9-8-10-12-18/h8-12,17,19H,5-7,13-16H2,1-4H3/t17-,19-/m1/s1. The highest BCUT2D eigenvalue weighted by atomic mass is 127. The van der Waals surface area contributed by atoms with Crippen LogP contribution in [0.5, 0.6) is 0 Å². The third-order valence-corrected chi connectivity index (χ3v) is 10.9. The molecule has 0 saturated heterocycles. The number of alkyl halides is 1. The summed E-state index contributed by atoms with van der Waals surface area (Å²) in [6.45, 7) is 10.7. The van der Waals surface area contributed by atoms with Gasteiger partial charge in [-0.15, -0.1) is 0 Å². The summed E-state index contributed by atoms with van der Waals surface area (Å²) in [5.74, 6) is 0.590. The van der Waals surface area contributed by atoms with Crippen molar-refractivity contribution in [3.05, 3.63) is 35.9 Å². The second-order valence-corrected chi connectivity index (χ2v) is 12.0. The van der Waals surface area contributed by atoms with Gasteiger partial charge in [0.15, 0.2) is 8.32 Å². The van der Waals surface area contributed by atoms with Gasteiger partial charge in [-0.1, -0.05) is 80.6 Å². The zero-order valence-corrected chi connectivity index (χ0v) is 18.3. The van der Waals surface area contributed by atoms with Crippen molar-refractivity contribution in [1.29, 1.82) is 0 Å². The molecule has 0 aliphatic heterocycles. The zero-order valence-electron chi connectivity index (χ0n) is 15.2. The average Bonchev–Trinajstić information content (AvgIpc) is 2.62. The van der Waals surface area contributed by atoms with Crippen LogP contribution in [0.1, 0.15) is 39.7 Å². The Morgan fingerprint density at radius 1 is 1.04 bits per heavy atom. The molecule has 0 fully saturated rings. The first-order valence-corrected chi connectivity index (χ1v) is 13.0. The summed E-state index contributed by atoms with van der Waals surface area (Å²) in [6.07, 6.45) is 1.35. The SMILES string of the molecule is CC[Si](CC)(CC)O[C@H](CCOCc1ccccc1)[C@H](C)CI. The predicted octanol–water partition coefficient (Wildman–Crippen LogP) is 6.05. The molecule has 0 unspecified atom stereocenters. The molecule has 0 aromatic heterocycles. The van der Waals surface area contributed by atoms with Crippen LogP contribution in [-0.4, -0.2) is 25.5 Å². The Morgan fingerprint density at radius 3 is 2.17 bits per heavy atom. The number of benzene rings is 1. The van der Waals surface area contributed by atoms with Crippen molar-refractivity contribution in [1.82, 2.24) is 0 Å². The molecule has 0 saturated carbocycles. The van der Waals surface area contributed by atoms with Crippen LogP contribution in [0.15, 0.2) is 30.3 Å². The zero-order chi connectivity index (χ0) is 17.1. The first-order valence-electron chi connectivity index (χ1n) is 8.96. The van der Waals surface area contributed by atoms with Crippen LogP contribution in [0, 0.1) is 5.92 Å². The van der Waals surface area contributed by atoms with Crippen LogP contribution in [0.25, 0.3) is 0 Å². The molecular weight excluding hydrogens is 415 g/mol. The van der Waals surface area contributed by atoms with Crippen molar-refractivity contribution in [2.45, 2.75) is 65.0 Å². The van der Waals surface area contributed by atoms with Crippen LogP contribution >= 0.6 is 22.6 Å². The molecule has 0 spiro atoms. The van der Waals surface area contributed by atoms with Gasteiger partial charge in [0.25, 0.3) is 0 Å². The van der Waals surface area contributed by atoms with E-state index in [0.29, 0.717) is 18.6 Å². The van der Waals surface area contributed by atoms with E-state index in [4.69, 9.17) is 9.16 Å². The molecule has 1 rings (SSSR count). The number of ether oxygens (including phenoxy) is 1. The molecule has 2 atom stereocenters. The van der Waals surface area contributed by atoms with E-state index in [-0.39, 0.29) is 0 Å². The van der Waals surface area contributed by atoms with E-state index in [1.807, 2.05) is 6.07 Å². The van der Waals surface area contributed by atoms with Crippen molar-refractivity contribution in [3.8, 4) is 0 Å². The van der Waals surface area contributed by atoms with Gasteiger partial charge in [-0.25, -0.2) is 0 Å². The van der Waals surface area contributed by atoms with Crippen molar-refractivity contribution >= 4 is 30.9 Å². The lowest BCUT2D eigenvalue weighted by Gasteiger charge is -2.35. The summed E-state index contributed by atoms with van der Waals surface area (Å²) in [6, 6.07) is 14.0. The summed E-state index contributed by atoms with van der Waals surface area (Å²) < 4.78 is 13.8.